The monoisotopic (exact) mass is 450 g/mol. The third kappa shape index (κ3) is 15.6. The van der Waals surface area contributed by atoms with Crippen LogP contribution in [-0.4, -0.2) is 84.3 Å². The number of aliphatic hydroxyl groups excluding tert-OH is 4. The molecule has 0 bridgehead atoms. The molecule has 186 valence electrons. The van der Waals surface area contributed by atoms with Crippen LogP contribution in [0.1, 0.15) is 84.0 Å². The summed E-state index contributed by atoms with van der Waals surface area (Å²) >= 11 is 0. The Labute approximate surface area is 187 Å². The molecule has 0 rings (SSSR count). The van der Waals surface area contributed by atoms with Gasteiger partial charge >= 0.3 is 5.97 Å². The number of ether oxygens (including phenoxy) is 3. The SMILES string of the molecule is CCCCCC(OC)C(O)CC(OC)C(O)CCCCCCCC(=O)OCC(O)CO. The van der Waals surface area contributed by atoms with Gasteiger partial charge in [0.2, 0.25) is 0 Å². The third-order valence-electron chi connectivity index (χ3n) is 5.56. The molecule has 0 aromatic heterocycles. The fourth-order valence-corrected chi connectivity index (χ4v) is 3.52. The van der Waals surface area contributed by atoms with Crippen LogP contribution in [0.2, 0.25) is 0 Å². The number of rotatable bonds is 21. The first-order valence-electron chi connectivity index (χ1n) is 11.8. The van der Waals surface area contributed by atoms with E-state index in [4.69, 9.17) is 24.4 Å². The summed E-state index contributed by atoms with van der Waals surface area (Å²) in [4.78, 5) is 11.5. The predicted molar refractivity (Wildman–Crippen MR) is 119 cm³/mol. The first-order valence-corrected chi connectivity index (χ1v) is 11.8. The molecule has 8 nitrogen and oxygen atoms in total. The number of hydrogen-bond donors (Lipinski definition) is 4. The summed E-state index contributed by atoms with van der Waals surface area (Å²) in [7, 11) is 3.16. The second-order valence-corrected chi connectivity index (χ2v) is 8.24. The molecular weight excluding hydrogens is 404 g/mol. The molecule has 0 amide bonds. The lowest BCUT2D eigenvalue weighted by Gasteiger charge is -2.28. The van der Waals surface area contributed by atoms with E-state index in [0.29, 0.717) is 25.7 Å². The molecule has 0 aliphatic carbocycles. The highest BCUT2D eigenvalue weighted by molar-refractivity contribution is 5.69. The van der Waals surface area contributed by atoms with Crippen LogP contribution in [0.4, 0.5) is 0 Å². The second-order valence-electron chi connectivity index (χ2n) is 8.24. The van der Waals surface area contributed by atoms with Crippen molar-refractivity contribution in [2.45, 2.75) is 114 Å². The second kappa shape index (κ2) is 19.9. The zero-order valence-electron chi connectivity index (χ0n) is 19.7. The lowest BCUT2D eigenvalue weighted by molar-refractivity contribution is -0.147. The quantitative estimate of drug-likeness (QED) is 0.155. The van der Waals surface area contributed by atoms with Crippen LogP contribution in [0.5, 0.6) is 0 Å². The Morgan fingerprint density at radius 3 is 2.03 bits per heavy atom. The summed E-state index contributed by atoms with van der Waals surface area (Å²) in [5.41, 5.74) is 0. The topological polar surface area (TPSA) is 126 Å². The van der Waals surface area contributed by atoms with E-state index in [1.807, 2.05) is 0 Å². The minimum absolute atomic E-state index is 0.174. The van der Waals surface area contributed by atoms with Crippen LogP contribution in [0.15, 0.2) is 0 Å². The van der Waals surface area contributed by atoms with E-state index in [1.54, 1.807) is 14.2 Å². The summed E-state index contributed by atoms with van der Waals surface area (Å²) in [6, 6.07) is 0. The van der Waals surface area contributed by atoms with Crippen LogP contribution in [0.3, 0.4) is 0 Å². The number of hydrogen-bond acceptors (Lipinski definition) is 8. The van der Waals surface area contributed by atoms with Gasteiger partial charge in [0.1, 0.15) is 12.7 Å². The zero-order chi connectivity index (χ0) is 23.5. The summed E-state index contributed by atoms with van der Waals surface area (Å²) in [5.74, 6) is -0.367. The van der Waals surface area contributed by atoms with Gasteiger partial charge in [0.25, 0.3) is 0 Å². The van der Waals surface area contributed by atoms with Crippen molar-refractivity contribution < 1.29 is 39.4 Å². The van der Waals surface area contributed by atoms with Crippen molar-refractivity contribution in [1.29, 1.82) is 0 Å². The van der Waals surface area contributed by atoms with E-state index in [0.717, 1.165) is 51.4 Å². The van der Waals surface area contributed by atoms with Gasteiger partial charge in [0.15, 0.2) is 0 Å². The molecule has 0 saturated heterocycles. The smallest absolute Gasteiger partial charge is 0.305 e. The van der Waals surface area contributed by atoms with Gasteiger partial charge in [-0.05, 0) is 19.3 Å². The van der Waals surface area contributed by atoms with E-state index in [9.17, 15) is 15.0 Å². The summed E-state index contributed by atoms with van der Waals surface area (Å²) in [5, 5.41) is 38.7. The Kier molecular flexibility index (Phi) is 19.4. The molecule has 0 spiro atoms. The van der Waals surface area contributed by atoms with Crippen molar-refractivity contribution in [2.75, 3.05) is 27.4 Å². The van der Waals surface area contributed by atoms with Crippen LogP contribution < -0.4 is 0 Å². The zero-order valence-corrected chi connectivity index (χ0v) is 19.7. The molecular formula is C23H46O8. The Morgan fingerprint density at radius 2 is 1.42 bits per heavy atom. The molecule has 0 fully saturated rings. The normalized spacial score (nSPS) is 16.5. The number of unbranched alkanes of at least 4 members (excludes halogenated alkanes) is 6. The van der Waals surface area contributed by atoms with Crippen molar-refractivity contribution in [3.63, 3.8) is 0 Å². The van der Waals surface area contributed by atoms with Crippen molar-refractivity contribution >= 4 is 5.97 Å². The maximum atomic E-state index is 11.5. The summed E-state index contributed by atoms with van der Waals surface area (Å²) < 4.78 is 15.7. The Morgan fingerprint density at radius 1 is 0.806 bits per heavy atom. The minimum atomic E-state index is -1.02. The van der Waals surface area contributed by atoms with Crippen molar-refractivity contribution in [3.8, 4) is 0 Å². The van der Waals surface area contributed by atoms with Crippen molar-refractivity contribution in [2.24, 2.45) is 0 Å². The van der Waals surface area contributed by atoms with Gasteiger partial charge in [0, 0.05) is 27.1 Å². The lowest BCUT2D eigenvalue weighted by atomic mass is 9.96. The molecule has 5 unspecified atom stereocenters. The highest BCUT2D eigenvalue weighted by Gasteiger charge is 2.26. The number of carbonyl (C=O) groups is 1. The first-order chi connectivity index (χ1) is 14.9. The van der Waals surface area contributed by atoms with E-state index in [1.165, 1.54) is 0 Å². The molecule has 4 N–H and O–H groups in total. The van der Waals surface area contributed by atoms with Crippen LogP contribution in [0, 0.1) is 0 Å². The lowest BCUT2D eigenvalue weighted by Crippen LogP contribution is -2.37. The number of carbonyl (C=O) groups excluding carboxylic acids is 1. The molecule has 0 aliphatic heterocycles. The third-order valence-corrected chi connectivity index (χ3v) is 5.56. The highest BCUT2D eigenvalue weighted by Crippen LogP contribution is 2.19. The average Bonchev–Trinajstić information content (AvgIpc) is 2.77. The fraction of sp³-hybridized carbons (Fsp3) is 0.957. The molecule has 0 aliphatic rings. The van der Waals surface area contributed by atoms with Crippen LogP contribution >= 0.6 is 0 Å². The van der Waals surface area contributed by atoms with E-state index in [2.05, 4.69) is 6.92 Å². The van der Waals surface area contributed by atoms with E-state index >= 15 is 0 Å². The highest BCUT2D eigenvalue weighted by atomic mass is 16.5. The average molecular weight is 451 g/mol. The summed E-state index contributed by atoms with van der Waals surface area (Å²) in [6.45, 7) is 1.54. The molecule has 31 heavy (non-hydrogen) atoms. The molecule has 0 radical (unpaired) electrons. The molecule has 5 atom stereocenters. The molecule has 8 heteroatoms. The van der Waals surface area contributed by atoms with Crippen molar-refractivity contribution in [1.82, 2.24) is 0 Å². The van der Waals surface area contributed by atoms with Crippen molar-refractivity contribution in [3.05, 3.63) is 0 Å². The largest absolute Gasteiger partial charge is 0.463 e. The van der Waals surface area contributed by atoms with Gasteiger partial charge < -0.3 is 34.6 Å². The number of esters is 1. The van der Waals surface area contributed by atoms with Crippen LogP contribution in [0.25, 0.3) is 0 Å². The molecule has 0 heterocycles. The maximum absolute atomic E-state index is 11.5. The van der Waals surface area contributed by atoms with Gasteiger partial charge in [-0.15, -0.1) is 0 Å². The van der Waals surface area contributed by atoms with E-state index < -0.39 is 31.0 Å². The van der Waals surface area contributed by atoms with Gasteiger partial charge in [-0.3, -0.25) is 4.79 Å². The van der Waals surface area contributed by atoms with Gasteiger partial charge in [-0.1, -0.05) is 51.9 Å². The number of methoxy groups -OCH3 is 2. The standard InChI is InChI=1S/C23H46O8/c1-4-5-9-13-21(29-2)20(27)15-22(30-3)19(26)12-10-7-6-8-11-14-23(28)31-17-18(25)16-24/h18-22,24-27H,4-17H2,1-3H3. The Hall–Kier alpha value is -0.770. The first kappa shape index (κ1) is 30.2. The van der Waals surface area contributed by atoms with Crippen LogP contribution in [-0.2, 0) is 19.0 Å². The molecule has 0 aromatic rings. The maximum Gasteiger partial charge on any atom is 0.305 e. The minimum Gasteiger partial charge on any atom is -0.463 e. The van der Waals surface area contributed by atoms with Gasteiger partial charge in [-0.25, -0.2) is 0 Å². The van der Waals surface area contributed by atoms with E-state index in [-0.39, 0.29) is 18.7 Å². The summed E-state index contributed by atoms with van der Waals surface area (Å²) in [6.07, 6.45) is 6.59. The Bertz CT molecular complexity index is 420. The van der Waals surface area contributed by atoms with Gasteiger partial charge in [-0.2, -0.15) is 0 Å². The Balaban J connectivity index is 3.97. The fourth-order valence-electron chi connectivity index (χ4n) is 3.52. The molecule has 0 aromatic carbocycles. The van der Waals surface area contributed by atoms with Gasteiger partial charge in [0.05, 0.1) is 31.0 Å². The predicted octanol–water partition coefficient (Wildman–Crippen LogP) is 2.34. The molecule has 0 saturated carbocycles. The number of aliphatic hydroxyl groups is 4.